The largest absolute Gasteiger partial charge is 0.478 e. The number of anilines is 1. The smallest absolute Gasteiger partial charge is 0.337 e. The van der Waals surface area contributed by atoms with Crippen LogP contribution in [0, 0.1) is 0 Å². The molecule has 0 saturated heterocycles. The van der Waals surface area contributed by atoms with Gasteiger partial charge in [0.1, 0.15) is 6.54 Å². The summed E-state index contributed by atoms with van der Waals surface area (Å²) in [6.07, 6.45) is 0. The van der Waals surface area contributed by atoms with E-state index >= 15 is 0 Å². The Morgan fingerprint density at radius 1 is 0.960 bits per heavy atom. The molecule has 2 aromatic carbocycles. The van der Waals surface area contributed by atoms with E-state index in [0.29, 0.717) is 0 Å². The Morgan fingerprint density at radius 3 is 2.04 bits per heavy atom. The van der Waals surface area contributed by atoms with Crippen LogP contribution in [0.5, 0.6) is 0 Å². The second kappa shape index (κ2) is 6.20. The number of likely N-dealkylation sites (N-methyl/N-ethyl adjacent to an activating group) is 1. The summed E-state index contributed by atoms with van der Waals surface area (Å²) in [6.45, 7) is -0.462. The van der Waals surface area contributed by atoms with Crippen molar-refractivity contribution in [1.82, 2.24) is 4.90 Å². The molecule has 3 amide bonds. The van der Waals surface area contributed by atoms with Gasteiger partial charge in [-0.25, -0.2) is 4.79 Å². The van der Waals surface area contributed by atoms with Crippen molar-refractivity contribution in [2.45, 2.75) is 0 Å². The number of hydrogen-bond acceptors (Lipinski definition) is 4. The quantitative estimate of drug-likeness (QED) is 0.855. The topological polar surface area (TPSA) is 95.0 Å². The van der Waals surface area contributed by atoms with Gasteiger partial charge in [0.05, 0.1) is 22.4 Å². The number of rotatable bonds is 4. The molecule has 3 rings (SSSR count). The van der Waals surface area contributed by atoms with Gasteiger partial charge in [-0.05, 0) is 24.3 Å². The third-order valence-electron chi connectivity index (χ3n) is 4.04. The molecule has 0 atom stereocenters. The number of carbonyl (C=O) groups is 4. The summed E-state index contributed by atoms with van der Waals surface area (Å²) < 4.78 is 0. The van der Waals surface area contributed by atoms with Gasteiger partial charge in [-0.3, -0.25) is 19.3 Å². The van der Waals surface area contributed by atoms with Gasteiger partial charge in [0.25, 0.3) is 11.8 Å². The Hall–Kier alpha value is -3.48. The van der Waals surface area contributed by atoms with Crippen molar-refractivity contribution in [1.29, 1.82) is 0 Å². The molecule has 0 aliphatic carbocycles. The Balaban J connectivity index is 1.83. The van der Waals surface area contributed by atoms with E-state index in [0.717, 1.165) is 9.80 Å². The van der Waals surface area contributed by atoms with Gasteiger partial charge < -0.3 is 10.0 Å². The Bertz CT molecular complexity index is 871. The minimum atomic E-state index is -1.17. The van der Waals surface area contributed by atoms with Crippen molar-refractivity contribution in [2.24, 2.45) is 0 Å². The fourth-order valence-corrected chi connectivity index (χ4v) is 2.71. The Morgan fingerprint density at radius 2 is 1.48 bits per heavy atom. The average molecular weight is 338 g/mol. The second-order valence-electron chi connectivity index (χ2n) is 5.52. The number of carbonyl (C=O) groups excluding carboxylic acids is 3. The molecule has 1 aliphatic heterocycles. The normalized spacial score (nSPS) is 12.9. The molecule has 1 heterocycles. The van der Waals surface area contributed by atoms with Crippen LogP contribution in [0.1, 0.15) is 31.1 Å². The number of hydrogen-bond donors (Lipinski definition) is 1. The first-order valence-electron chi connectivity index (χ1n) is 7.46. The van der Waals surface area contributed by atoms with Crippen LogP contribution in [0.25, 0.3) is 0 Å². The van der Waals surface area contributed by atoms with E-state index < -0.39 is 30.2 Å². The molecule has 0 unspecified atom stereocenters. The number of carboxylic acid groups (broad SMARTS) is 1. The summed E-state index contributed by atoms with van der Waals surface area (Å²) >= 11 is 0. The molecule has 1 N–H and O–H groups in total. The minimum Gasteiger partial charge on any atom is -0.478 e. The molecule has 126 valence electrons. The third-order valence-corrected chi connectivity index (χ3v) is 4.04. The fourth-order valence-electron chi connectivity index (χ4n) is 2.71. The zero-order valence-corrected chi connectivity index (χ0v) is 13.3. The number of imide groups is 1. The highest BCUT2D eigenvalue weighted by Gasteiger charge is 2.37. The number of amides is 3. The maximum Gasteiger partial charge on any atom is 0.337 e. The molecule has 0 radical (unpaired) electrons. The van der Waals surface area contributed by atoms with Crippen LogP contribution in [0.3, 0.4) is 0 Å². The second-order valence-corrected chi connectivity index (χ2v) is 5.52. The first-order valence-corrected chi connectivity index (χ1v) is 7.46. The molecular weight excluding hydrogens is 324 g/mol. The lowest BCUT2D eigenvalue weighted by Gasteiger charge is -2.22. The van der Waals surface area contributed by atoms with E-state index in [1.807, 2.05) is 0 Å². The van der Waals surface area contributed by atoms with Crippen molar-refractivity contribution >= 4 is 29.4 Å². The maximum absolute atomic E-state index is 12.5. The number of nitrogens with zero attached hydrogens (tertiary/aromatic N) is 2. The molecule has 1 aliphatic rings. The summed E-state index contributed by atoms with van der Waals surface area (Å²) in [4.78, 5) is 50.4. The number of para-hydroxylation sites is 1. The SMILES string of the molecule is CN(C(=O)CN1C(=O)c2ccccc2C1=O)c1ccccc1C(=O)O. The lowest BCUT2D eigenvalue weighted by molar-refractivity contribution is -0.118. The van der Waals surface area contributed by atoms with E-state index in [2.05, 4.69) is 0 Å². The molecule has 2 aromatic rings. The molecule has 25 heavy (non-hydrogen) atoms. The maximum atomic E-state index is 12.5. The van der Waals surface area contributed by atoms with Crippen LogP contribution >= 0.6 is 0 Å². The first kappa shape index (κ1) is 16.4. The highest BCUT2D eigenvalue weighted by Crippen LogP contribution is 2.24. The summed E-state index contributed by atoms with van der Waals surface area (Å²) in [5.74, 6) is -2.80. The van der Waals surface area contributed by atoms with Gasteiger partial charge >= 0.3 is 5.97 Å². The standard InChI is InChI=1S/C18H14N2O5/c1-19(14-9-5-4-8-13(14)18(24)25)15(21)10-20-16(22)11-6-2-3-7-12(11)17(20)23/h2-9H,10H2,1H3,(H,24,25). The molecule has 0 saturated carbocycles. The van der Waals surface area contributed by atoms with E-state index in [-0.39, 0.29) is 22.4 Å². The van der Waals surface area contributed by atoms with Gasteiger partial charge in [-0.1, -0.05) is 24.3 Å². The lowest BCUT2D eigenvalue weighted by atomic mass is 10.1. The van der Waals surface area contributed by atoms with Crippen LogP contribution in [0.15, 0.2) is 48.5 Å². The third kappa shape index (κ3) is 2.76. The van der Waals surface area contributed by atoms with E-state index in [4.69, 9.17) is 0 Å². The van der Waals surface area contributed by atoms with Crippen LogP contribution in [-0.4, -0.2) is 47.3 Å². The lowest BCUT2D eigenvalue weighted by Crippen LogP contribution is -2.41. The number of carboxylic acids is 1. The van der Waals surface area contributed by atoms with E-state index in [1.54, 1.807) is 24.3 Å². The zero-order valence-electron chi connectivity index (χ0n) is 13.3. The van der Waals surface area contributed by atoms with Crippen molar-refractivity contribution in [3.63, 3.8) is 0 Å². The number of benzene rings is 2. The van der Waals surface area contributed by atoms with Crippen LogP contribution in [0.4, 0.5) is 5.69 Å². The van der Waals surface area contributed by atoms with Gasteiger partial charge in [-0.15, -0.1) is 0 Å². The Kier molecular flexibility index (Phi) is 4.06. The molecule has 0 bridgehead atoms. The van der Waals surface area contributed by atoms with Crippen molar-refractivity contribution in [2.75, 3.05) is 18.5 Å². The molecule has 0 spiro atoms. The van der Waals surface area contributed by atoms with Gasteiger partial charge in [0.2, 0.25) is 5.91 Å². The average Bonchev–Trinajstić information content (AvgIpc) is 2.86. The zero-order chi connectivity index (χ0) is 18.1. The predicted molar refractivity (Wildman–Crippen MR) is 88.6 cm³/mol. The summed E-state index contributed by atoms with van der Waals surface area (Å²) in [7, 11) is 1.41. The van der Waals surface area contributed by atoms with Crippen molar-refractivity contribution in [3.05, 3.63) is 65.2 Å². The molecule has 7 nitrogen and oxygen atoms in total. The van der Waals surface area contributed by atoms with Gasteiger partial charge in [0.15, 0.2) is 0 Å². The molecule has 0 aromatic heterocycles. The number of aromatic carboxylic acids is 1. The molecule has 7 heteroatoms. The summed E-state index contributed by atoms with van der Waals surface area (Å²) in [5.41, 5.74) is 0.667. The number of fused-ring (bicyclic) bond motifs is 1. The van der Waals surface area contributed by atoms with Crippen LogP contribution in [0.2, 0.25) is 0 Å². The summed E-state index contributed by atoms with van der Waals surface area (Å²) in [6, 6.07) is 12.4. The molecular formula is C18H14N2O5. The highest BCUT2D eigenvalue weighted by molar-refractivity contribution is 6.22. The first-order chi connectivity index (χ1) is 11.9. The van der Waals surface area contributed by atoms with E-state index in [9.17, 15) is 24.3 Å². The van der Waals surface area contributed by atoms with Crippen LogP contribution in [-0.2, 0) is 4.79 Å². The monoisotopic (exact) mass is 338 g/mol. The van der Waals surface area contributed by atoms with Crippen molar-refractivity contribution < 1.29 is 24.3 Å². The molecule has 0 fully saturated rings. The summed E-state index contributed by atoms with van der Waals surface area (Å²) in [5, 5.41) is 9.23. The Labute approximate surface area is 143 Å². The predicted octanol–water partition coefficient (Wildman–Crippen LogP) is 1.64. The van der Waals surface area contributed by atoms with Crippen LogP contribution < -0.4 is 4.90 Å². The highest BCUT2D eigenvalue weighted by atomic mass is 16.4. The van der Waals surface area contributed by atoms with E-state index in [1.165, 1.54) is 31.3 Å². The fraction of sp³-hybridized carbons (Fsp3) is 0.111. The van der Waals surface area contributed by atoms with Crippen molar-refractivity contribution in [3.8, 4) is 0 Å². The van der Waals surface area contributed by atoms with Gasteiger partial charge in [0, 0.05) is 7.05 Å². The van der Waals surface area contributed by atoms with Gasteiger partial charge in [-0.2, -0.15) is 0 Å². The minimum absolute atomic E-state index is 0.0410.